The Bertz CT molecular complexity index is 731. The van der Waals surface area contributed by atoms with Gasteiger partial charge < -0.3 is 40.3 Å². The maximum atomic E-state index is 11.8. The second kappa shape index (κ2) is 13.9. The summed E-state index contributed by atoms with van der Waals surface area (Å²) in [5.74, 6) is -2.72. The molecule has 14 nitrogen and oxygen atoms in total. The number of carbonyl (C=O) groups is 5. The minimum Gasteiger partial charge on any atom is -0.394 e. The molecule has 192 valence electrons. The van der Waals surface area contributed by atoms with Crippen LogP contribution in [-0.2, 0) is 38.3 Å². The smallest absolute Gasteiger partial charge is 0.333 e. The van der Waals surface area contributed by atoms with E-state index in [2.05, 4.69) is 10.6 Å². The Hall–Kier alpha value is -2.65. The lowest BCUT2D eigenvalue weighted by Gasteiger charge is -2.36. The van der Waals surface area contributed by atoms with E-state index in [0.29, 0.717) is 17.9 Å². The Morgan fingerprint density at radius 1 is 1.03 bits per heavy atom. The summed E-state index contributed by atoms with van der Waals surface area (Å²) in [4.78, 5) is 62.7. The number of nitrogens with zero attached hydrogens (tertiary/aromatic N) is 1. The van der Waals surface area contributed by atoms with Crippen molar-refractivity contribution in [1.82, 2.24) is 15.7 Å². The highest BCUT2D eigenvalue weighted by Gasteiger charge is 2.37. The molecule has 0 aromatic heterocycles. The number of unbranched alkanes of at least 4 members (excludes halogenated alkanes) is 1. The van der Waals surface area contributed by atoms with Crippen LogP contribution in [0.1, 0.15) is 44.9 Å². The van der Waals surface area contributed by atoms with E-state index in [1.165, 1.54) is 0 Å². The fourth-order valence-electron chi connectivity index (χ4n) is 3.23. The van der Waals surface area contributed by atoms with Crippen LogP contribution in [0.5, 0.6) is 0 Å². The quantitative estimate of drug-likeness (QED) is 0.132. The number of ether oxygens (including phenoxy) is 2. The second-order valence-corrected chi connectivity index (χ2v) is 7.85. The number of amides is 4. The Balaban J connectivity index is 1.50. The Morgan fingerprint density at radius 3 is 2.38 bits per heavy atom. The molecule has 0 saturated carbocycles. The number of nitrogens with one attached hydrogen (secondary N) is 2. The van der Waals surface area contributed by atoms with Crippen LogP contribution in [0.15, 0.2) is 0 Å². The zero-order valence-corrected chi connectivity index (χ0v) is 18.6. The molecule has 2 rings (SSSR count). The second-order valence-electron chi connectivity index (χ2n) is 7.85. The number of hydroxylamine groups is 2. The molecule has 14 heteroatoms. The minimum absolute atomic E-state index is 0.0140. The predicted octanol–water partition coefficient (Wildman–Crippen LogP) is -2.77. The summed E-state index contributed by atoms with van der Waals surface area (Å²) in [6, 6.07) is 0. The molecule has 0 radical (unpaired) electrons. The lowest BCUT2D eigenvalue weighted by Crippen LogP contribution is -2.51. The van der Waals surface area contributed by atoms with E-state index < -0.39 is 54.2 Å². The molecular weight excluding hydrogens is 458 g/mol. The molecule has 0 bridgehead atoms. The Kier molecular flexibility index (Phi) is 11.3. The summed E-state index contributed by atoms with van der Waals surface area (Å²) in [5, 5.41) is 34.1. The van der Waals surface area contributed by atoms with E-state index in [9.17, 15) is 34.2 Å². The van der Waals surface area contributed by atoms with E-state index >= 15 is 0 Å². The van der Waals surface area contributed by atoms with Gasteiger partial charge in [0.1, 0.15) is 6.10 Å². The average molecular weight is 489 g/mol. The first kappa shape index (κ1) is 27.6. The third-order valence-corrected chi connectivity index (χ3v) is 5.09. The Labute approximate surface area is 195 Å². The summed E-state index contributed by atoms with van der Waals surface area (Å²) >= 11 is 0. The van der Waals surface area contributed by atoms with Crippen LogP contribution in [0.3, 0.4) is 0 Å². The molecule has 2 fully saturated rings. The summed E-state index contributed by atoms with van der Waals surface area (Å²) < 4.78 is 10.6. The SMILES string of the molecule is O=C(CCCCC(=O)ON1C(=O)CCC1=O)NCC(=O)NCCO[C@H]1O[C@H](CO)C[C@H](O)[C@@H]1O. The van der Waals surface area contributed by atoms with E-state index in [-0.39, 0.29) is 58.4 Å². The van der Waals surface area contributed by atoms with Crippen molar-refractivity contribution >= 4 is 29.6 Å². The van der Waals surface area contributed by atoms with E-state index in [4.69, 9.17) is 19.4 Å². The molecule has 0 unspecified atom stereocenters. The number of aliphatic hydroxyl groups excluding tert-OH is 3. The van der Waals surface area contributed by atoms with Crippen molar-refractivity contribution in [2.45, 2.75) is 69.5 Å². The van der Waals surface area contributed by atoms with Gasteiger partial charge in [-0.25, -0.2) is 4.79 Å². The summed E-state index contributed by atoms with van der Waals surface area (Å²) in [5.41, 5.74) is 0. The van der Waals surface area contributed by atoms with Crippen molar-refractivity contribution in [3.05, 3.63) is 0 Å². The Morgan fingerprint density at radius 2 is 1.71 bits per heavy atom. The molecule has 0 spiro atoms. The zero-order chi connectivity index (χ0) is 25.1. The molecule has 5 N–H and O–H groups in total. The molecule has 4 atom stereocenters. The van der Waals surface area contributed by atoms with Crippen LogP contribution < -0.4 is 10.6 Å². The highest BCUT2D eigenvalue weighted by Crippen LogP contribution is 2.21. The predicted molar refractivity (Wildman–Crippen MR) is 110 cm³/mol. The lowest BCUT2D eigenvalue weighted by molar-refractivity contribution is -0.270. The van der Waals surface area contributed by atoms with Gasteiger partial charge in [-0.05, 0) is 12.8 Å². The summed E-state index contributed by atoms with van der Waals surface area (Å²) in [6.45, 7) is -0.568. The van der Waals surface area contributed by atoms with Gasteiger partial charge in [0.2, 0.25) is 11.8 Å². The van der Waals surface area contributed by atoms with Crippen LogP contribution in [0.25, 0.3) is 0 Å². The lowest BCUT2D eigenvalue weighted by atomic mass is 10.0. The van der Waals surface area contributed by atoms with Gasteiger partial charge in [-0.15, -0.1) is 5.06 Å². The van der Waals surface area contributed by atoms with Gasteiger partial charge in [-0.1, -0.05) is 0 Å². The molecule has 0 aliphatic carbocycles. The first-order valence-corrected chi connectivity index (χ1v) is 11.0. The molecule has 0 aromatic carbocycles. The van der Waals surface area contributed by atoms with Gasteiger partial charge in [-0.2, -0.15) is 0 Å². The molecule has 2 aliphatic rings. The fraction of sp³-hybridized carbons (Fsp3) is 0.750. The normalized spacial score (nSPS) is 24.7. The number of aliphatic hydroxyl groups is 3. The van der Waals surface area contributed by atoms with Gasteiger partial charge in [0.05, 0.1) is 32.0 Å². The number of rotatable bonds is 13. The van der Waals surface area contributed by atoms with Crippen molar-refractivity contribution in [3.63, 3.8) is 0 Å². The van der Waals surface area contributed by atoms with Gasteiger partial charge >= 0.3 is 5.97 Å². The summed E-state index contributed by atoms with van der Waals surface area (Å²) in [6.07, 6.45) is -3.41. The van der Waals surface area contributed by atoms with Crippen LogP contribution in [0.4, 0.5) is 0 Å². The highest BCUT2D eigenvalue weighted by atomic mass is 16.7. The molecule has 0 aromatic rings. The standard InChI is InChI=1S/C20H31N3O11/c24-11-12-9-13(25)19(31)20(33-12)32-8-7-21-15(27)10-22-14(26)3-1-2-4-18(30)34-23-16(28)5-6-17(23)29/h12-13,19-20,24-25,31H,1-11H2,(H,21,27)(H,22,26)/t12-,13-,19-,20-/m0/s1. The molecule has 2 heterocycles. The van der Waals surface area contributed by atoms with Gasteiger partial charge in [0.15, 0.2) is 6.29 Å². The molecule has 2 aliphatic heterocycles. The highest BCUT2D eigenvalue weighted by molar-refractivity contribution is 6.01. The molecule has 2 saturated heterocycles. The van der Waals surface area contributed by atoms with Crippen molar-refractivity contribution < 1.29 is 53.6 Å². The van der Waals surface area contributed by atoms with Gasteiger partial charge in [0.25, 0.3) is 11.8 Å². The topological polar surface area (TPSA) is 201 Å². The van der Waals surface area contributed by atoms with E-state index in [1.54, 1.807) is 0 Å². The van der Waals surface area contributed by atoms with Crippen LogP contribution in [0, 0.1) is 0 Å². The van der Waals surface area contributed by atoms with Crippen LogP contribution in [0.2, 0.25) is 0 Å². The first-order chi connectivity index (χ1) is 16.2. The minimum atomic E-state index is -1.27. The van der Waals surface area contributed by atoms with E-state index in [1.807, 2.05) is 0 Å². The maximum Gasteiger partial charge on any atom is 0.333 e. The summed E-state index contributed by atoms with van der Waals surface area (Å²) in [7, 11) is 0. The third kappa shape index (κ3) is 8.95. The molecule has 34 heavy (non-hydrogen) atoms. The number of hydrogen-bond acceptors (Lipinski definition) is 11. The first-order valence-electron chi connectivity index (χ1n) is 11.0. The van der Waals surface area contributed by atoms with E-state index in [0.717, 1.165) is 0 Å². The number of carbonyl (C=O) groups excluding carboxylic acids is 5. The van der Waals surface area contributed by atoms with Crippen molar-refractivity contribution in [2.24, 2.45) is 0 Å². The largest absolute Gasteiger partial charge is 0.394 e. The maximum absolute atomic E-state index is 11.8. The van der Waals surface area contributed by atoms with Gasteiger partial charge in [0, 0.05) is 38.6 Å². The van der Waals surface area contributed by atoms with Crippen molar-refractivity contribution in [1.29, 1.82) is 0 Å². The molecule has 4 amide bonds. The molecular formula is C20H31N3O11. The zero-order valence-electron chi connectivity index (χ0n) is 18.6. The van der Waals surface area contributed by atoms with Gasteiger partial charge in [-0.3, -0.25) is 19.2 Å². The van der Waals surface area contributed by atoms with Crippen molar-refractivity contribution in [2.75, 3.05) is 26.3 Å². The number of imide groups is 1. The average Bonchev–Trinajstić information content (AvgIpc) is 3.12. The fourth-order valence-corrected chi connectivity index (χ4v) is 3.23. The third-order valence-electron chi connectivity index (χ3n) is 5.09. The monoisotopic (exact) mass is 489 g/mol. The van der Waals surface area contributed by atoms with Crippen LogP contribution in [-0.4, -0.2) is 101 Å². The van der Waals surface area contributed by atoms with Crippen LogP contribution >= 0.6 is 0 Å². The van der Waals surface area contributed by atoms with Crippen molar-refractivity contribution in [3.8, 4) is 0 Å². The number of hydrogen-bond donors (Lipinski definition) is 5.